The molecule has 0 aromatic heterocycles. The molecule has 16 heavy (non-hydrogen) atoms. The van der Waals surface area contributed by atoms with Crippen molar-refractivity contribution in [2.75, 3.05) is 0 Å². The van der Waals surface area contributed by atoms with Crippen molar-refractivity contribution in [3.8, 4) is 0 Å². The van der Waals surface area contributed by atoms with Crippen LogP contribution < -0.4 is 0 Å². The molecule has 0 bridgehead atoms. The Morgan fingerprint density at radius 3 is 2.06 bits per heavy atom. The van der Waals surface area contributed by atoms with Crippen LogP contribution in [0.4, 0.5) is 0 Å². The van der Waals surface area contributed by atoms with Gasteiger partial charge in [0, 0.05) is 0 Å². The molecular weight excluding hydrogens is 196 g/mol. The molecule has 1 heteroatoms. The van der Waals surface area contributed by atoms with Gasteiger partial charge in [0.25, 0.3) is 0 Å². The average Bonchev–Trinajstić information content (AvgIpc) is 2.30. The average molecular weight is 226 g/mol. The molecule has 0 aromatic rings. The van der Waals surface area contributed by atoms with Crippen molar-refractivity contribution in [1.29, 1.82) is 0 Å². The SMILES string of the molecule is CCCC(CCC)C(O)CC1CCCCC1. The Morgan fingerprint density at radius 2 is 1.56 bits per heavy atom. The summed E-state index contributed by atoms with van der Waals surface area (Å²) >= 11 is 0. The lowest BCUT2D eigenvalue weighted by molar-refractivity contribution is 0.0651. The Hall–Kier alpha value is -0.0400. The van der Waals surface area contributed by atoms with Gasteiger partial charge < -0.3 is 5.11 Å². The van der Waals surface area contributed by atoms with E-state index in [1.54, 1.807) is 0 Å². The summed E-state index contributed by atoms with van der Waals surface area (Å²) in [4.78, 5) is 0. The maximum atomic E-state index is 10.3. The number of hydrogen-bond acceptors (Lipinski definition) is 1. The van der Waals surface area contributed by atoms with Crippen LogP contribution in [-0.2, 0) is 0 Å². The van der Waals surface area contributed by atoms with Crippen molar-refractivity contribution in [1.82, 2.24) is 0 Å². The maximum Gasteiger partial charge on any atom is 0.0571 e. The Morgan fingerprint density at radius 1 is 1.00 bits per heavy atom. The molecule has 0 aromatic carbocycles. The summed E-state index contributed by atoms with van der Waals surface area (Å²) in [6.45, 7) is 4.46. The van der Waals surface area contributed by atoms with Crippen LogP contribution in [0.25, 0.3) is 0 Å². The van der Waals surface area contributed by atoms with Crippen LogP contribution >= 0.6 is 0 Å². The molecule has 0 amide bonds. The summed E-state index contributed by atoms with van der Waals surface area (Å²) in [5.74, 6) is 1.39. The molecule has 1 aliphatic carbocycles. The second kappa shape index (κ2) is 8.11. The van der Waals surface area contributed by atoms with E-state index < -0.39 is 0 Å². The van der Waals surface area contributed by atoms with Crippen molar-refractivity contribution in [3.05, 3.63) is 0 Å². The topological polar surface area (TPSA) is 20.2 Å². The van der Waals surface area contributed by atoms with Gasteiger partial charge in [0.15, 0.2) is 0 Å². The van der Waals surface area contributed by atoms with Gasteiger partial charge >= 0.3 is 0 Å². The van der Waals surface area contributed by atoms with Crippen LogP contribution in [0.1, 0.15) is 78.1 Å². The van der Waals surface area contributed by atoms with Gasteiger partial charge in [-0.2, -0.15) is 0 Å². The van der Waals surface area contributed by atoms with E-state index in [2.05, 4.69) is 13.8 Å². The highest BCUT2D eigenvalue weighted by Crippen LogP contribution is 2.30. The highest BCUT2D eigenvalue weighted by molar-refractivity contribution is 4.74. The Kier molecular flexibility index (Phi) is 7.11. The summed E-state index contributed by atoms with van der Waals surface area (Å²) in [6.07, 6.45) is 12.8. The molecule has 1 aliphatic rings. The largest absolute Gasteiger partial charge is 0.393 e. The van der Waals surface area contributed by atoms with Crippen molar-refractivity contribution in [2.24, 2.45) is 11.8 Å². The molecule has 1 saturated carbocycles. The van der Waals surface area contributed by atoms with Crippen molar-refractivity contribution in [2.45, 2.75) is 84.2 Å². The summed E-state index contributed by atoms with van der Waals surface area (Å²) in [5.41, 5.74) is 0. The first-order valence-corrected chi connectivity index (χ1v) is 7.46. The minimum absolute atomic E-state index is 0.0250. The van der Waals surface area contributed by atoms with E-state index in [4.69, 9.17) is 0 Å². The quantitative estimate of drug-likeness (QED) is 0.676. The van der Waals surface area contributed by atoms with Crippen molar-refractivity contribution in [3.63, 3.8) is 0 Å². The first-order chi connectivity index (χ1) is 7.77. The first-order valence-electron chi connectivity index (χ1n) is 7.46. The minimum atomic E-state index is -0.0250. The number of aliphatic hydroxyl groups is 1. The molecule has 96 valence electrons. The minimum Gasteiger partial charge on any atom is -0.393 e. The second-order valence-corrected chi connectivity index (χ2v) is 5.64. The Bertz CT molecular complexity index is 155. The van der Waals surface area contributed by atoms with E-state index in [1.807, 2.05) is 0 Å². The van der Waals surface area contributed by atoms with Crippen LogP contribution in [0.2, 0.25) is 0 Å². The van der Waals surface area contributed by atoms with Crippen LogP contribution in [0, 0.1) is 11.8 Å². The lowest BCUT2D eigenvalue weighted by Gasteiger charge is -2.28. The normalized spacial score (nSPS) is 20.2. The fourth-order valence-electron chi connectivity index (χ4n) is 3.23. The predicted octanol–water partition coefficient (Wildman–Crippen LogP) is 4.53. The summed E-state index contributed by atoms with van der Waals surface area (Å²) in [6, 6.07) is 0. The monoisotopic (exact) mass is 226 g/mol. The summed E-state index contributed by atoms with van der Waals surface area (Å²) in [7, 11) is 0. The Labute approximate surface area is 102 Å². The van der Waals surface area contributed by atoms with Gasteiger partial charge in [-0.25, -0.2) is 0 Å². The molecular formula is C15H30O. The lowest BCUT2D eigenvalue weighted by Crippen LogP contribution is -2.24. The fraction of sp³-hybridized carbons (Fsp3) is 1.00. The molecule has 1 atom stereocenters. The smallest absolute Gasteiger partial charge is 0.0571 e. The van der Waals surface area contributed by atoms with E-state index in [9.17, 15) is 5.11 Å². The van der Waals surface area contributed by atoms with Gasteiger partial charge in [0.1, 0.15) is 0 Å². The highest BCUT2D eigenvalue weighted by Gasteiger charge is 2.22. The second-order valence-electron chi connectivity index (χ2n) is 5.64. The number of aliphatic hydroxyl groups excluding tert-OH is 1. The van der Waals surface area contributed by atoms with E-state index in [0.29, 0.717) is 5.92 Å². The standard InChI is InChI=1S/C15H30O/c1-3-8-14(9-4-2)15(16)12-13-10-6-5-7-11-13/h13-16H,3-12H2,1-2H3. The number of hydrogen-bond donors (Lipinski definition) is 1. The molecule has 1 N–H and O–H groups in total. The van der Waals surface area contributed by atoms with E-state index in [0.717, 1.165) is 12.3 Å². The van der Waals surface area contributed by atoms with E-state index in [-0.39, 0.29) is 6.10 Å². The van der Waals surface area contributed by atoms with Crippen LogP contribution in [0.15, 0.2) is 0 Å². The van der Waals surface area contributed by atoms with Gasteiger partial charge in [-0.1, -0.05) is 58.8 Å². The molecule has 1 unspecified atom stereocenters. The molecule has 1 nitrogen and oxygen atoms in total. The molecule has 0 aliphatic heterocycles. The zero-order chi connectivity index (χ0) is 11.8. The van der Waals surface area contributed by atoms with Gasteiger partial charge in [-0.3, -0.25) is 0 Å². The zero-order valence-electron chi connectivity index (χ0n) is 11.3. The third kappa shape index (κ3) is 4.86. The maximum absolute atomic E-state index is 10.3. The lowest BCUT2D eigenvalue weighted by atomic mass is 9.81. The molecule has 0 spiro atoms. The third-order valence-corrected chi connectivity index (χ3v) is 4.16. The highest BCUT2D eigenvalue weighted by atomic mass is 16.3. The van der Waals surface area contributed by atoms with E-state index in [1.165, 1.54) is 57.8 Å². The van der Waals surface area contributed by atoms with Crippen LogP contribution in [-0.4, -0.2) is 11.2 Å². The number of rotatable bonds is 7. The van der Waals surface area contributed by atoms with Gasteiger partial charge in [0.2, 0.25) is 0 Å². The fourth-order valence-corrected chi connectivity index (χ4v) is 3.23. The van der Waals surface area contributed by atoms with E-state index >= 15 is 0 Å². The van der Waals surface area contributed by atoms with Crippen molar-refractivity contribution >= 4 is 0 Å². The summed E-state index contributed by atoms with van der Waals surface area (Å²) in [5, 5.41) is 10.3. The predicted molar refractivity (Wildman–Crippen MR) is 70.5 cm³/mol. The molecule has 1 rings (SSSR count). The van der Waals surface area contributed by atoms with Gasteiger partial charge in [0.05, 0.1) is 6.10 Å². The Balaban J connectivity index is 2.31. The third-order valence-electron chi connectivity index (χ3n) is 4.16. The van der Waals surface area contributed by atoms with Crippen molar-refractivity contribution < 1.29 is 5.11 Å². The molecule has 1 fully saturated rings. The zero-order valence-corrected chi connectivity index (χ0v) is 11.3. The van der Waals surface area contributed by atoms with Crippen LogP contribution in [0.5, 0.6) is 0 Å². The van der Waals surface area contributed by atoms with Gasteiger partial charge in [-0.05, 0) is 31.1 Å². The molecule has 0 saturated heterocycles. The summed E-state index contributed by atoms with van der Waals surface area (Å²) < 4.78 is 0. The van der Waals surface area contributed by atoms with Gasteiger partial charge in [-0.15, -0.1) is 0 Å². The molecule has 0 heterocycles. The van der Waals surface area contributed by atoms with Crippen LogP contribution in [0.3, 0.4) is 0 Å². The molecule has 0 radical (unpaired) electrons. The first kappa shape index (κ1) is 14.0.